The normalized spacial score (nSPS) is 10.5. The summed E-state index contributed by atoms with van der Waals surface area (Å²) in [5, 5.41) is 0. The summed E-state index contributed by atoms with van der Waals surface area (Å²) in [6.45, 7) is 6.22. The molecule has 19 heavy (non-hydrogen) atoms. The van der Waals surface area contributed by atoms with E-state index in [1.165, 1.54) is 10.5 Å². The van der Waals surface area contributed by atoms with Crippen molar-refractivity contribution in [2.75, 3.05) is 33.1 Å². The largest absolute Gasteiger partial charge is 0.414 e. The van der Waals surface area contributed by atoms with Crippen molar-refractivity contribution in [3.63, 3.8) is 0 Å². The van der Waals surface area contributed by atoms with Gasteiger partial charge in [-0.1, -0.05) is 13.8 Å². The van der Waals surface area contributed by atoms with Gasteiger partial charge in [0.2, 0.25) is 0 Å². The van der Waals surface area contributed by atoms with E-state index >= 15 is 0 Å². The molecule has 1 amide bonds. The molecule has 106 valence electrons. The van der Waals surface area contributed by atoms with Crippen molar-refractivity contribution in [1.29, 1.82) is 0 Å². The van der Waals surface area contributed by atoms with Crippen molar-refractivity contribution in [2.45, 2.75) is 26.7 Å². The molecule has 1 aromatic rings. The third-order valence-electron chi connectivity index (χ3n) is 2.99. The second kappa shape index (κ2) is 5.95. The zero-order valence-corrected chi connectivity index (χ0v) is 12.9. The molecular formula is C15H24N2O2. The maximum atomic E-state index is 11.7. The van der Waals surface area contributed by atoms with Crippen LogP contribution in [0.1, 0.15) is 30.9 Å². The number of amides is 1. The number of rotatable bonds is 3. The lowest BCUT2D eigenvalue weighted by atomic mass is 9.98. The molecule has 0 atom stereocenters. The maximum absolute atomic E-state index is 11.7. The minimum absolute atomic E-state index is 0.351. The van der Waals surface area contributed by atoms with E-state index < -0.39 is 0 Å². The first-order valence-corrected chi connectivity index (χ1v) is 6.45. The average Bonchev–Trinajstić information content (AvgIpc) is 2.30. The fraction of sp³-hybridized carbons (Fsp3) is 0.533. The predicted molar refractivity (Wildman–Crippen MR) is 79.3 cm³/mol. The number of nitrogens with zero attached hydrogens (tertiary/aromatic N) is 2. The van der Waals surface area contributed by atoms with Gasteiger partial charge in [-0.25, -0.2) is 4.79 Å². The summed E-state index contributed by atoms with van der Waals surface area (Å²) in [6, 6.07) is 4.03. The zero-order chi connectivity index (χ0) is 14.7. The number of benzene rings is 1. The number of carbonyl (C=O) groups is 1. The molecular weight excluding hydrogens is 240 g/mol. The van der Waals surface area contributed by atoms with Gasteiger partial charge >= 0.3 is 6.09 Å². The highest BCUT2D eigenvalue weighted by Crippen LogP contribution is 2.33. The fourth-order valence-electron chi connectivity index (χ4n) is 1.83. The first kappa shape index (κ1) is 15.3. The summed E-state index contributed by atoms with van der Waals surface area (Å²) in [5.41, 5.74) is 3.30. The molecule has 0 aliphatic carbocycles. The molecule has 1 rings (SSSR count). The molecule has 0 bridgehead atoms. The maximum Gasteiger partial charge on any atom is 0.414 e. The molecule has 0 N–H and O–H groups in total. The first-order chi connectivity index (χ1) is 8.73. The number of carbonyl (C=O) groups excluding carboxylic acids is 1. The molecule has 0 saturated carbocycles. The standard InChI is InChI=1S/C15H24N2O2/c1-10(2)12-9-14(19-15(18)17(6)7)11(3)8-13(12)16(4)5/h8-10H,1-7H3. The Bertz CT molecular complexity index is 465. The molecule has 0 aliphatic rings. The van der Waals surface area contributed by atoms with Crippen LogP contribution in [0.5, 0.6) is 5.75 Å². The Morgan fingerprint density at radius 1 is 1.16 bits per heavy atom. The number of ether oxygens (including phenoxy) is 1. The van der Waals surface area contributed by atoms with Gasteiger partial charge in [-0.05, 0) is 36.1 Å². The number of hydrogen-bond acceptors (Lipinski definition) is 3. The van der Waals surface area contributed by atoms with Crippen LogP contribution in [0.2, 0.25) is 0 Å². The smallest absolute Gasteiger partial charge is 0.410 e. The minimum Gasteiger partial charge on any atom is -0.410 e. The molecule has 0 fully saturated rings. The van der Waals surface area contributed by atoms with Crippen LogP contribution >= 0.6 is 0 Å². The van der Waals surface area contributed by atoms with Crippen LogP contribution in [0, 0.1) is 6.92 Å². The molecule has 4 nitrogen and oxygen atoms in total. The Hall–Kier alpha value is -1.71. The van der Waals surface area contributed by atoms with E-state index in [4.69, 9.17) is 4.74 Å². The Labute approximate surface area is 116 Å². The fourth-order valence-corrected chi connectivity index (χ4v) is 1.83. The van der Waals surface area contributed by atoms with Gasteiger partial charge in [-0.3, -0.25) is 0 Å². The van der Waals surface area contributed by atoms with Gasteiger partial charge in [0.1, 0.15) is 5.75 Å². The van der Waals surface area contributed by atoms with Crippen LogP contribution < -0.4 is 9.64 Å². The lowest BCUT2D eigenvalue weighted by Crippen LogP contribution is -2.25. The van der Waals surface area contributed by atoms with Crippen molar-refractivity contribution in [1.82, 2.24) is 4.90 Å². The Balaban J connectivity index is 3.21. The molecule has 1 aromatic carbocycles. The van der Waals surface area contributed by atoms with E-state index in [-0.39, 0.29) is 6.09 Å². The van der Waals surface area contributed by atoms with Gasteiger partial charge in [-0.2, -0.15) is 0 Å². The summed E-state index contributed by atoms with van der Waals surface area (Å²) in [5.74, 6) is 1.00. The number of anilines is 1. The van der Waals surface area contributed by atoms with Crippen molar-refractivity contribution in [3.05, 3.63) is 23.3 Å². The van der Waals surface area contributed by atoms with Gasteiger partial charge in [0.05, 0.1) is 0 Å². The second-order valence-corrected chi connectivity index (χ2v) is 5.49. The lowest BCUT2D eigenvalue weighted by Gasteiger charge is -2.22. The summed E-state index contributed by atoms with van der Waals surface area (Å²) in [6.07, 6.45) is -0.351. The van der Waals surface area contributed by atoms with Gasteiger partial charge in [0.15, 0.2) is 0 Å². The van der Waals surface area contributed by atoms with Crippen LogP contribution in [0.4, 0.5) is 10.5 Å². The van der Waals surface area contributed by atoms with Crippen LogP contribution in [-0.2, 0) is 0 Å². The van der Waals surface area contributed by atoms with E-state index in [1.807, 2.05) is 27.1 Å². The predicted octanol–water partition coefficient (Wildman–Crippen LogP) is 3.24. The monoisotopic (exact) mass is 264 g/mol. The quantitative estimate of drug-likeness (QED) is 0.840. The summed E-state index contributed by atoms with van der Waals surface area (Å²) in [4.78, 5) is 15.2. The van der Waals surface area contributed by atoms with E-state index in [1.54, 1.807) is 14.1 Å². The highest BCUT2D eigenvalue weighted by Gasteiger charge is 2.15. The van der Waals surface area contributed by atoms with E-state index in [0.717, 1.165) is 11.3 Å². The lowest BCUT2D eigenvalue weighted by molar-refractivity contribution is 0.171. The molecule has 0 heterocycles. The van der Waals surface area contributed by atoms with Crippen LogP contribution in [0.3, 0.4) is 0 Å². The highest BCUT2D eigenvalue weighted by molar-refractivity contribution is 5.71. The number of hydrogen-bond donors (Lipinski definition) is 0. The SMILES string of the molecule is Cc1cc(N(C)C)c(C(C)C)cc1OC(=O)N(C)C. The molecule has 0 spiro atoms. The van der Waals surface area contributed by atoms with Crippen molar-refractivity contribution < 1.29 is 9.53 Å². The minimum atomic E-state index is -0.351. The van der Waals surface area contributed by atoms with Crippen LogP contribution in [0.25, 0.3) is 0 Å². The van der Waals surface area contributed by atoms with Crippen molar-refractivity contribution in [3.8, 4) is 5.75 Å². The first-order valence-electron chi connectivity index (χ1n) is 6.45. The molecule has 0 saturated heterocycles. The molecule has 4 heteroatoms. The highest BCUT2D eigenvalue weighted by atomic mass is 16.6. The van der Waals surface area contributed by atoms with Crippen molar-refractivity contribution >= 4 is 11.8 Å². The summed E-state index contributed by atoms with van der Waals surface area (Å²) >= 11 is 0. The van der Waals surface area contributed by atoms with E-state index in [2.05, 4.69) is 24.8 Å². The van der Waals surface area contributed by atoms with Gasteiger partial charge < -0.3 is 14.5 Å². The average molecular weight is 264 g/mol. The third-order valence-corrected chi connectivity index (χ3v) is 2.99. The molecule has 0 radical (unpaired) electrons. The second-order valence-electron chi connectivity index (χ2n) is 5.49. The van der Waals surface area contributed by atoms with Gasteiger partial charge in [-0.15, -0.1) is 0 Å². The van der Waals surface area contributed by atoms with E-state index in [9.17, 15) is 4.79 Å². The third kappa shape index (κ3) is 3.63. The Morgan fingerprint density at radius 2 is 1.74 bits per heavy atom. The van der Waals surface area contributed by atoms with Crippen molar-refractivity contribution in [2.24, 2.45) is 0 Å². The van der Waals surface area contributed by atoms with Gasteiger partial charge in [0.25, 0.3) is 0 Å². The zero-order valence-electron chi connectivity index (χ0n) is 12.9. The van der Waals surface area contributed by atoms with Crippen LogP contribution in [0.15, 0.2) is 12.1 Å². The molecule has 0 aromatic heterocycles. The Morgan fingerprint density at radius 3 is 2.16 bits per heavy atom. The number of aryl methyl sites for hydroxylation is 1. The van der Waals surface area contributed by atoms with Crippen LogP contribution in [-0.4, -0.2) is 39.2 Å². The molecule has 0 unspecified atom stereocenters. The summed E-state index contributed by atoms with van der Waals surface area (Å²) < 4.78 is 5.40. The summed E-state index contributed by atoms with van der Waals surface area (Å²) in [7, 11) is 7.39. The van der Waals surface area contributed by atoms with E-state index in [0.29, 0.717) is 11.7 Å². The topological polar surface area (TPSA) is 32.8 Å². The Kier molecular flexibility index (Phi) is 4.81. The molecule has 0 aliphatic heterocycles. The van der Waals surface area contributed by atoms with Gasteiger partial charge in [0, 0.05) is 33.9 Å².